The summed E-state index contributed by atoms with van der Waals surface area (Å²) in [5.74, 6) is 0.511. The fraction of sp³-hybridized carbons (Fsp3) is 0.545. The molecule has 0 aliphatic carbocycles. The molecule has 1 unspecified atom stereocenters. The van der Waals surface area contributed by atoms with E-state index < -0.39 is 0 Å². The van der Waals surface area contributed by atoms with E-state index in [2.05, 4.69) is 34.6 Å². The summed E-state index contributed by atoms with van der Waals surface area (Å²) < 4.78 is 16.4. The third-order valence-corrected chi connectivity index (χ3v) is 5.35. The molecule has 7 heteroatoms. The van der Waals surface area contributed by atoms with E-state index in [4.69, 9.17) is 0 Å². The molecule has 1 heterocycles. The lowest BCUT2D eigenvalue weighted by Gasteiger charge is -2.22. The van der Waals surface area contributed by atoms with Crippen LogP contribution in [-0.2, 0) is 20.0 Å². The minimum absolute atomic E-state index is 0.185. The normalized spacial score (nSPS) is 12.8. The summed E-state index contributed by atoms with van der Waals surface area (Å²) in [4.78, 5) is 6.31. The summed E-state index contributed by atoms with van der Waals surface area (Å²) >= 11 is 0. The van der Waals surface area contributed by atoms with E-state index in [0.717, 1.165) is 30.8 Å². The Hall–Kier alpha value is -2.57. The topological polar surface area (TPSA) is 57.5 Å². The first-order chi connectivity index (χ1) is 13.8. The Morgan fingerprint density at radius 3 is 2.48 bits per heavy atom. The van der Waals surface area contributed by atoms with Gasteiger partial charge in [0.05, 0.1) is 11.4 Å². The number of aliphatic imine (C=N–C) groups is 1. The fourth-order valence-corrected chi connectivity index (χ4v) is 3.57. The zero-order valence-electron chi connectivity index (χ0n) is 18.8. The molecule has 160 valence electrons. The monoisotopic (exact) mass is 402 g/mol. The largest absolute Gasteiger partial charge is 0.370 e. The maximum atomic E-state index is 14.5. The van der Waals surface area contributed by atoms with Gasteiger partial charge < -0.3 is 15.5 Å². The number of halogens is 1. The number of aryl methyl sites for hydroxylation is 2. The van der Waals surface area contributed by atoms with Crippen molar-refractivity contribution in [3.63, 3.8) is 0 Å². The van der Waals surface area contributed by atoms with Crippen molar-refractivity contribution in [2.45, 2.75) is 53.6 Å². The molecule has 0 amide bonds. The highest BCUT2D eigenvalue weighted by atomic mass is 19.1. The van der Waals surface area contributed by atoms with Gasteiger partial charge >= 0.3 is 0 Å². The standard InChI is InChI=1S/C22H35FN6/c1-8-29(9-2)21-11-10-18(13-20(21)23)14-25-22(24-6)26-15(3)12-19-16(4)27-28(7)17(19)5/h10-11,13,15H,8-9,12,14H2,1-7H3,(H2,24,25,26). The summed E-state index contributed by atoms with van der Waals surface area (Å²) in [5, 5.41) is 11.2. The molecule has 2 rings (SSSR count). The van der Waals surface area contributed by atoms with E-state index in [1.807, 2.05) is 49.5 Å². The van der Waals surface area contributed by atoms with Crippen LogP contribution in [0.25, 0.3) is 0 Å². The van der Waals surface area contributed by atoms with Crippen LogP contribution in [0.5, 0.6) is 0 Å². The summed E-state index contributed by atoms with van der Waals surface area (Å²) in [6, 6.07) is 5.60. The van der Waals surface area contributed by atoms with Gasteiger partial charge in [0.1, 0.15) is 5.82 Å². The number of nitrogens with one attached hydrogen (secondary N) is 2. The number of hydrogen-bond acceptors (Lipinski definition) is 3. The highest BCUT2D eigenvalue weighted by Gasteiger charge is 2.14. The van der Waals surface area contributed by atoms with Crippen molar-refractivity contribution in [2.75, 3.05) is 25.0 Å². The second-order valence-corrected chi connectivity index (χ2v) is 7.41. The third kappa shape index (κ3) is 5.71. The van der Waals surface area contributed by atoms with Gasteiger partial charge in [-0.2, -0.15) is 5.10 Å². The molecule has 6 nitrogen and oxygen atoms in total. The zero-order chi connectivity index (χ0) is 21.6. The van der Waals surface area contributed by atoms with Crippen LogP contribution in [0.3, 0.4) is 0 Å². The molecule has 2 N–H and O–H groups in total. The summed E-state index contributed by atoms with van der Waals surface area (Å²) in [6.45, 7) is 12.4. The molecular formula is C22H35FN6. The molecule has 0 saturated carbocycles. The molecule has 1 atom stereocenters. The van der Waals surface area contributed by atoms with Gasteiger partial charge in [0.15, 0.2) is 5.96 Å². The highest BCUT2D eigenvalue weighted by molar-refractivity contribution is 5.80. The lowest BCUT2D eigenvalue weighted by molar-refractivity contribution is 0.615. The Balaban J connectivity index is 1.96. The summed E-state index contributed by atoms with van der Waals surface area (Å²) in [6.07, 6.45) is 0.861. The van der Waals surface area contributed by atoms with E-state index in [1.54, 1.807) is 13.1 Å². The average Bonchev–Trinajstić information content (AvgIpc) is 2.93. The van der Waals surface area contributed by atoms with Crippen LogP contribution in [0.15, 0.2) is 23.2 Å². The Morgan fingerprint density at radius 2 is 1.97 bits per heavy atom. The van der Waals surface area contributed by atoms with Crippen molar-refractivity contribution in [3.05, 3.63) is 46.5 Å². The Bertz CT molecular complexity index is 838. The molecule has 1 aromatic heterocycles. The number of guanidine groups is 1. The van der Waals surface area contributed by atoms with Crippen molar-refractivity contribution < 1.29 is 4.39 Å². The zero-order valence-corrected chi connectivity index (χ0v) is 18.8. The molecule has 0 aliphatic rings. The van der Waals surface area contributed by atoms with Gasteiger partial charge in [0.25, 0.3) is 0 Å². The smallest absolute Gasteiger partial charge is 0.191 e. The predicted molar refractivity (Wildman–Crippen MR) is 119 cm³/mol. The summed E-state index contributed by atoms with van der Waals surface area (Å²) in [7, 11) is 3.71. The highest BCUT2D eigenvalue weighted by Crippen LogP contribution is 2.20. The number of aromatic nitrogens is 2. The summed E-state index contributed by atoms with van der Waals surface area (Å²) in [5.41, 5.74) is 5.04. The first-order valence-electron chi connectivity index (χ1n) is 10.3. The Kier molecular flexibility index (Phi) is 8.05. The maximum absolute atomic E-state index is 14.5. The van der Waals surface area contributed by atoms with Crippen molar-refractivity contribution in [1.82, 2.24) is 20.4 Å². The fourth-order valence-electron chi connectivity index (χ4n) is 3.57. The Morgan fingerprint density at radius 1 is 1.28 bits per heavy atom. The van der Waals surface area contributed by atoms with E-state index in [1.165, 1.54) is 11.3 Å². The van der Waals surface area contributed by atoms with Gasteiger partial charge in [-0.3, -0.25) is 9.67 Å². The lowest BCUT2D eigenvalue weighted by atomic mass is 10.1. The average molecular weight is 403 g/mol. The predicted octanol–water partition coefficient (Wildman–Crippen LogP) is 3.32. The molecule has 1 aromatic carbocycles. The van der Waals surface area contributed by atoms with E-state index in [-0.39, 0.29) is 11.9 Å². The van der Waals surface area contributed by atoms with Crippen LogP contribution in [0.4, 0.5) is 10.1 Å². The quantitative estimate of drug-likeness (QED) is 0.525. The van der Waals surface area contributed by atoms with Crippen LogP contribution in [-0.4, -0.2) is 41.9 Å². The van der Waals surface area contributed by atoms with Crippen molar-refractivity contribution in [3.8, 4) is 0 Å². The minimum Gasteiger partial charge on any atom is -0.370 e. The van der Waals surface area contributed by atoms with Crippen LogP contribution in [0.1, 0.15) is 43.3 Å². The molecule has 2 aromatic rings. The van der Waals surface area contributed by atoms with Crippen LogP contribution in [0, 0.1) is 19.7 Å². The molecule has 0 fully saturated rings. The van der Waals surface area contributed by atoms with Gasteiger partial charge in [0, 0.05) is 45.5 Å². The first kappa shape index (κ1) is 22.7. The van der Waals surface area contributed by atoms with Crippen molar-refractivity contribution in [2.24, 2.45) is 12.0 Å². The number of hydrogen-bond donors (Lipinski definition) is 2. The third-order valence-electron chi connectivity index (χ3n) is 5.35. The second kappa shape index (κ2) is 10.3. The molecule has 0 spiro atoms. The molecule has 0 bridgehead atoms. The van der Waals surface area contributed by atoms with Crippen molar-refractivity contribution >= 4 is 11.6 Å². The number of benzene rings is 1. The molecule has 29 heavy (non-hydrogen) atoms. The van der Waals surface area contributed by atoms with E-state index in [0.29, 0.717) is 18.2 Å². The Labute approximate surface area is 174 Å². The molecule has 0 aliphatic heterocycles. The SMILES string of the molecule is CCN(CC)c1ccc(CNC(=NC)NC(C)Cc2c(C)nn(C)c2C)cc1F. The van der Waals surface area contributed by atoms with Crippen LogP contribution in [0.2, 0.25) is 0 Å². The van der Waals surface area contributed by atoms with Gasteiger partial charge in [0.2, 0.25) is 0 Å². The van der Waals surface area contributed by atoms with Crippen molar-refractivity contribution in [1.29, 1.82) is 0 Å². The van der Waals surface area contributed by atoms with Crippen LogP contribution >= 0.6 is 0 Å². The number of rotatable bonds is 8. The lowest BCUT2D eigenvalue weighted by Crippen LogP contribution is -2.42. The van der Waals surface area contributed by atoms with Gasteiger partial charge in [-0.25, -0.2) is 4.39 Å². The van der Waals surface area contributed by atoms with Gasteiger partial charge in [-0.05, 0) is 64.3 Å². The number of anilines is 1. The maximum Gasteiger partial charge on any atom is 0.191 e. The second-order valence-electron chi connectivity index (χ2n) is 7.41. The minimum atomic E-state index is -0.188. The van der Waals surface area contributed by atoms with Crippen LogP contribution < -0.4 is 15.5 Å². The molecule has 0 saturated heterocycles. The molecular weight excluding hydrogens is 367 g/mol. The number of nitrogens with zero attached hydrogens (tertiary/aromatic N) is 4. The molecule has 0 radical (unpaired) electrons. The van der Waals surface area contributed by atoms with Gasteiger partial charge in [-0.1, -0.05) is 6.07 Å². The van der Waals surface area contributed by atoms with E-state index >= 15 is 0 Å². The first-order valence-corrected chi connectivity index (χ1v) is 10.3. The van der Waals surface area contributed by atoms with E-state index in [9.17, 15) is 4.39 Å². The van der Waals surface area contributed by atoms with Gasteiger partial charge in [-0.15, -0.1) is 0 Å².